The molecule has 6 heteroatoms. The van der Waals surface area contributed by atoms with Crippen molar-refractivity contribution in [2.45, 2.75) is 19.8 Å². The van der Waals surface area contributed by atoms with E-state index in [9.17, 15) is 9.59 Å². The highest BCUT2D eigenvalue weighted by atomic mass is 16.5. The predicted octanol–water partition coefficient (Wildman–Crippen LogP) is 5.51. The predicted molar refractivity (Wildman–Crippen MR) is 120 cm³/mol. The molecule has 1 N–H and O–H groups in total. The summed E-state index contributed by atoms with van der Waals surface area (Å²) in [6.07, 6.45) is 0. The Morgan fingerprint density at radius 1 is 0.968 bits per heavy atom. The fourth-order valence-corrected chi connectivity index (χ4v) is 3.42. The second kappa shape index (κ2) is 8.52. The fourth-order valence-electron chi connectivity index (χ4n) is 3.42. The minimum Gasteiger partial charge on any atom is -0.495 e. The highest BCUT2D eigenvalue weighted by Crippen LogP contribution is 2.36. The minimum atomic E-state index is -0.551. The number of esters is 1. The van der Waals surface area contributed by atoms with Gasteiger partial charge in [0.05, 0.1) is 18.4 Å². The smallest absolute Gasteiger partial charge is 0.338 e. The maximum atomic E-state index is 12.4. The van der Waals surface area contributed by atoms with Crippen LogP contribution < -0.4 is 10.1 Å². The van der Waals surface area contributed by atoms with E-state index in [0.717, 1.165) is 21.9 Å². The summed E-state index contributed by atoms with van der Waals surface area (Å²) < 4.78 is 16.5. The molecule has 4 aromatic rings. The van der Waals surface area contributed by atoms with E-state index in [1.165, 1.54) is 7.11 Å². The lowest BCUT2D eigenvalue weighted by Gasteiger charge is -2.11. The Hall–Kier alpha value is -3.80. The maximum Gasteiger partial charge on any atom is 0.338 e. The van der Waals surface area contributed by atoms with Crippen LogP contribution in [0.15, 0.2) is 65.1 Å². The van der Waals surface area contributed by atoms with Gasteiger partial charge in [0.25, 0.3) is 5.91 Å². The van der Waals surface area contributed by atoms with E-state index >= 15 is 0 Å². The lowest BCUT2D eigenvalue weighted by Crippen LogP contribution is -2.21. The highest BCUT2D eigenvalue weighted by molar-refractivity contribution is 6.08. The summed E-state index contributed by atoms with van der Waals surface area (Å²) in [6.45, 7) is 3.75. The van der Waals surface area contributed by atoms with Gasteiger partial charge in [-0.1, -0.05) is 44.2 Å². The number of benzene rings is 3. The Morgan fingerprint density at radius 2 is 1.71 bits per heavy atom. The molecule has 0 bridgehead atoms. The van der Waals surface area contributed by atoms with Crippen LogP contribution in [-0.2, 0) is 9.53 Å². The molecule has 0 unspecified atom stereocenters. The van der Waals surface area contributed by atoms with Crippen molar-refractivity contribution in [1.82, 2.24) is 0 Å². The summed E-state index contributed by atoms with van der Waals surface area (Å²) in [4.78, 5) is 24.6. The summed E-state index contributed by atoms with van der Waals surface area (Å²) in [5, 5.41) is 4.58. The Bertz CT molecular complexity index is 1250. The molecule has 0 aliphatic heterocycles. The topological polar surface area (TPSA) is 77.8 Å². The number of fused-ring (bicyclic) bond motifs is 3. The average molecular weight is 417 g/mol. The number of hydrogen-bond acceptors (Lipinski definition) is 5. The van der Waals surface area contributed by atoms with Gasteiger partial charge in [-0.3, -0.25) is 4.79 Å². The van der Waals surface area contributed by atoms with Crippen LogP contribution in [0.2, 0.25) is 0 Å². The number of furan rings is 1. The van der Waals surface area contributed by atoms with Gasteiger partial charge in [0.15, 0.2) is 6.61 Å². The molecule has 0 radical (unpaired) electrons. The molecule has 6 nitrogen and oxygen atoms in total. The lowest BCUT2D eigenvalue weighted by molar-refractivity contribution is -0.119. The summed E-state index contributed by atoms with van der Waals surface area (Å²) in [5.74, 6) is -0.163. The first-order valence-electron chi connectivity index (χ1n) is 10.0. The van der Waals surface area contributed by atoms with Crippen LogP contribution in [0.3, 0.4) is 0 Å². The Morgan fingerprint density at radius 3 is 2.42 bits per heavy atom. The average Bonchev–Trinajstić information content (AvgIpc) is 3.14. The number of rotatable bonds is 6. The molecule has 0 fully saturated rings. The normalized spacial score (nSPS) is 11.1. The van der Waals surface area contributed by atoms with Crippen LogP contribution in [0.5, 0.6) is 5.75 Å². The number of ether oxygens (including phenoxy) is 2. The number of hydrogen-bond donors (Lipinski definition) is 1. The van der Waals surface area contributed by atoms with E-state index in [2.05, 4.69) is 19.2 Å². The number of anilines is 1. The van der Waals surface area contributed by atoms with Crippen molar-refractivity contribution in [2.75, 3.05) is 19.0 Å². The number of carbonyl (C=O) groups is 2. The molecular weight excluding hydrogens is 394 g/mol. The molecule has 3 aromatic carbocycles. The van der Waals surface area contributed by atoms with Crippen LogP contribution in [0.25, 0.3) is 21.9 Å². The Kier molecular flexibility index (Phi) is 5.62. The summed E-state index contributed by atoms with van der Waals surface area (Å²) in [6, 6.07) is 18.4. The maximum absolute atomic E-state index is 12.4. The number of amides is 1. The molecule has 0 spiro atoms. The third-order valence-electron chi connectivity index (χ3n) is 5.12. The molecule has 0 aliphatic carbocycles. The first-order chi connectivity index (χ1) is 15.0. The molecule has 158 valence electrons. The fraction of sp³-hybridized carbons (Fsp3) is 0.200. The highest BCUT2D eigenvalue weighted by Gasteiger charge is 2.16. The first kappa shape index (κ1) is 20.5. The van der Waals surface area contributed by atoms with Crippen molar-refractivity contribution in [3.8, 4) is 5.75 Å². The van der Waals surface area contributed by atoms with E-state index in [4.69, 9.17) is 13.9 Å². The van der Waals surface area contributed by atoms with Crippen molar-refractivity contribution in [2.24, 2.45) is 0 Å². The SMILES string of the molecule is COc1cc2c(cc1NC(=O)COC(=O)c1ccc(C(C)C)cc1)oc1ccccc12. The molecule has 4 rings (SSSR count). The van der Waals surface area contributed by atoms with E-state index in [0.29, 0.717) is 28.5 Å². The Balaban J connectivity index is 1.46. The monoisotopic (exact) mass is 417 g/mol. The largest absolute Gasteiger partial charge is 0.495 e. The van der Waals surface area contributed by atoms with Crippen LogP contribution >= 0.6 is 0 Å². The zero-order valence-corrected chi connectivity index (χ0v) is 17.6. The van der Waals surface area contributed by atoms with E-state index in [1.54, 1.807) is 18.2 Å². The van der Waals surface area contributed by atoms with Crippen molar-refractivity contribution < 1.29 is 23.5 Å². The lowest BCUT2D eigenvalue weighted by atomic mass is 10.0. The van der Waals surface area contributed by atoms with Gasteiger partial charge in [-0.2, -0.15) is 0 Å². The molecule has 0 saturated carbocycles. The van der Waals surface area contributed by atoms with Gasteiger partial charge in [-0.05, 0) is 35.7 Å². The molecule has 0 aliphatic rings. The summed E-state index contributed by atoms with van der Waals surface area (Å²) in [5.41, 5.74) is 3.34. The Labute approximate surface area is 179 Å². The first-order valence-corrected chi connectivity index (χ1v) is 10.0. The molecule has 1 aromatic heterocycles. The molecular formula is C25H23NO5. The van der Waals surface area contributed by atoms with Gasteiger partial charge < -0.3 is 19.2 Å². The summed E-state index contributed by atoms with van der Waals surface area (Å²) >= 11 is 0. The third kappa shape index (κ3) is 4.23. The van der Waals surface area contributed by atoms with Gasteiger partial charge in [0.2, 0.25) is 0 Å². The standard InChI is InChI=1S/C25H23NO5/c1-15(2)16-8-10-17(11-9-16)25(28)30-14-24(27)26-20-13-22-19(12-23(20)29-3)18-6-4-5-7-21(18)31-22/h4-13,15H,14H2,1-3H3,(H,26,27). The van der Waals surface area contributed by atoms with Gasteiger partial charge in [0, 0.05) is 16.8 Å². The number of para-hydroxylation sites is 1. The second-order valence-electron chi connectivity index (χ2n) is 7.55. The number of methoxy groups -OCH3 is 1. The van der Waals surface area contributed by atoms with E-state index in [1.807, 2.05) is 42.5 Å². The number of carbonyl (C=O) groups excluding carboxylic acids is 2. The molecule has 1 heterocycles. The summed E-state index contributed by atoms with van der Waals surface area (Å²) in [7, 11) is 1.53. The van der Waals surface area contributed by atoms with Crippen LogP contribution in [0.4, 0.5) is 5.69 Å². The molecule has 1 amide bonds. The van der Waals surface area contributed by atoms with Gasteiger partial charge in [-0.25, -0.2) is 4.79 Å². The molecule has 0 saturated heterocycles. The zero-order chi connectivity index (χ0) is 22.0. The third-order valence-corrected chi connectivity index (χ3v) is 5.12. The van der Waals surface area contributed by atoms with Gasteiger partial charge >= 0.3 is 5.97 Å². The van der Waals surface area contributed by atoms with Crippen molar-refractivity contribution in [3.05, 3.63) is 71.8 Å². The minimum absolute atomic E-state index is 0.370. The van der Waals surface area contributed by atoms with Gasteiger partial charge in [0.1, 0.15) is 16.9 Å². The molecule has 0 atom stereocenters. The van der Waals surface area contributed by atoms with E-state index in [-0.39, 0.29) is 0 Å². The zero-order valence-electron chi connectivity index (χ0n) is 17.6. The van der Waals surface area contributed by atoms with Crippen molar-refractivity contribution in [1.29, 1.82) is 0 Å². The van der Waals surface area contributed by atoms with Crippen molar-refractivity contribution in [3.63, 3.8) is 0 Å². The second-order valence-corrected chi connectivity index (χ2v) is 7.55. The van der Waals surface area contributed by atoms with Crippen LogP contribution in [-0.4, -0.2) is 25.6 Å². The van der Waals surface area contributed by atoms with Gasteiger partial charge in [-0.15, -0.1) is 0 Å². The van der Waals surface area contributed by atoms with Crippen LogP contribution in [0, 0.1) is 0 Å². The van der Waals surface area contributed by atoms with Crippen molar-refractivity contribution >= 4 is 39.5 Å². The molecule has 31 heavy (non-hydrogen) atoms. The van der Waals surface area contributed by atoms with E-state index < -0.39 is 18.5 Å². The van der Waals surface area contributed by atoms with Crippen LogP contribution in [0.1, 0.15) is 35.7 Å². The quantitative estimate of drug-likeness (QED) is 0.418. The number of nitrogens with one attached hydrogen (secondary N) is 1.